The second kappa shape index (κ2) is 7.74. The van der Waals surface area contributed by atoms with E-state index in [0.717, 1.165) is 0 Å². The lowest BCUT2D eigenvalue weighted by molar-refractivity contribution is -0.120. The fourth-order valence-electron chi connectivity index (χ4n) is 1.91. The van der Waals surface area contributed by atoms with Gasteiger partial charge in [0, 0.05) is 31.1 Å². The molecular weight excluding hydrogens is 247 g/mol. The number of ether oxygens (including phenoxy) is 1. The van der Waals surface area contributed by atoms with Crippen LogP contribution < -0.4 is 15.4 Å². The Morgan fingerprint density at radius 3 is 2.84 bits per heavy atom. The molecule has 0 fully saturated rings. The average Bonchev–Trinajstić information content (AvgIpc) is 2.38. The smallest absolute Gasteiger partial charge is 0.221 e. The summed E-state index contributed by atoms with van der Waals surface area (Å²) in [5.41, 5.74) is 0.487. The average molecular weight is 268 g/mol. The molecular formula is C14H21FN2O2. The summed E-state index contributed by atoms with van der Waals surface area (Å²) in [6.07, 6.45) is 0.370. The highest BCUT2D eigenvalue weighted by atomic mass is 19.1. The number of hydrogen-bond donors (Lipinski definition) is 2. The van der Waals surface area contributed by atoms with Crippen molar-refractivity contribution < 1.29 is 13.9 Å². The minimum atomic E-state index is -0.308. The molecule has 1 unspecified atom stereocenters. The van der Waals surface area contributed by atoms with Gasteiger partial charge in [0.05, 0.1) is 7.11 Å². The highest BCUT2D eigenvalue weighted by Gasteiger charge is 2.16. The van der Waals surface area contributed by atoms with Crippen LogP contribution in [-0.2, 0) is 4.79 Å². The maximum Gasteiger partial charge on any atom is 0.221 e. The van der Waals surface area contributed by atoms with Gasteiger partial charge < -0.3 is 15.4 Å². The first-order valence-electron chi connectivity index (χ1n) is 6.42. The number of rotatable bonds is 7. The molecule has 1 aromatic rings. The van der Waals surface area contributed by atoms with Crippen molar-refractivity contribution in [2.45, 2.75) is 26.3 Å². The van der Waals surface area contributed by atoms with Crippen LogP contribution in [0.25, 0.3) is 0 Å². The third-order valence-corrected chi connectivity index (χ3v) is 2.84. The molecule has 0 spiro atoms. The lowest BCUT2D eigenvalue weighted by atomic mass is 10.1. The number of halogens is 1. The van der Waals surface area contributed by atoms with Crippen LogP contribution in [0.2, 0.25) is 0 Å². The molecule has 0 heterocycles. The molecule has 0 saturated carbocycles. The van der Waals surface area contributed by atoms with Crippen LogP contribution >= 0.6 is 0 Å². The summed E-state index contributed by atoms with van der Waals surface area (Å²) in [6, 6.07) is 4.52. The molecule has 4 nitrogen and oxygen atoms in total. The van der Waals surface area contributed by atoms with E-state index in [-0.39, 0.29) is 17.8 Å². The zero-order chi connectivity index (χ0) is 14.3. The zero-order valence-electron chi connectivity index (χ0n) is 11.6. The first kappa shape index (κ1) is 15.4. The quantitative estimate of drug-likeness (QED) is 0.795. The largest absolute Gasteiger partial charge is 0.496 e. The van der Waals surface area contributed by atoms with E-state index in [0.29, 0.717) is 30.8 Å². The first-order chi connectivity index (χ1) is 9.10. The summed E-state index contributed by atoms with van der Waals surface area (Å²) >= 11 is 0. The van der Waals surface area contributed by atoms with Gasteiger partial charge >= 0.3 is 0 Å². The van der Waals surface area contributed by atoms with Crippen molar-refractivity contribution in [2.75, 3.05) is 20.2 Å². The Kier molecular flexibility index (Phi) is 6.29. The van der Waals surface area contributed by atoms with E-state index >= 15 is 0 Å². The third-order valence-electron chi connectivity index (χ3n) is 2.84. The summed E-state index contributed by atoms with van der Waals surface area (Å²) in [4.78, 5) is 11.3. The van der Waals surface area contributed by atoms with E-state index in [2.05, 4.69) is 10.6 Å². The SMILES string of the molecule is CCNC(=O)CCNC(C)c1c(F)cccc1OC. The first-order valence-corrected chi connectivity index (χ1v) is 6.42. The standard InChI is InChI=1S/C14H21FN2O2/c1-4-16-13(18)8-9-17-10(2)14-11(15)6-5-7-12(14)19-3/h5-7,10,17H,4,8-9H2,1-3H3,(H,16,18). The molecule has 0 saturated heterocycles. The molecule has 1 rings (SSSR count). The van der Waals surface area contributed by atoms with E-state index < -0.39 is 0 Å². The second-order valence-corrected chi connectivity index (χ2v) is 4.24. The molecule has 0 radical (unpaired) electrons. The number of carbonyl (C=O) groups is 1. The zero-order valence-corrected chi connectivity index (χ0v) is 11.6. The second-order valence-electron chi connectivity index (χ2n) is 4.24. The van der Waals surface area contributed by atoms with Crippen LogP contribution in [0, 0.1) is 5.82 Å². The fourth-order valence-corrected chi connectivity index (χ4v) is 1.91. The minimum Gasteiger partial charge on any atom is -0.496 e. The Morgan fingerprint density at radius 2 is 2.21 bits per heavy atom. The predicted octanol–water partition coefficient (Wildman–Crippen LogP) is 2.01. The summed E-state index contributed by atoms with van der Waals surface area (Å²) in [5.74, 6) is 0.193. The minimum absolute atomic E-state index is 0.0114. The van der Waals surface area contributed by atoms with Gasteiger partial charge in [-0.25, -0.2) is 4.39 Å². The van der Waals surface area contributed by atoms with E-state index in [1.54, 1.807) is 12.1 Å². The van der Waals surface area contributed by atoms with E-state index in [9.17, 15) is 9.18 Å². The van der Waals surface area contributed by atoms with Crippen molar-refractivity contribution in [1.82, 2.24) is 10.6 Å². The summed E-state index contributed by atoms with van der Waals surface area (Å²) in [6.45, 7) is 4.83. The predicted molar refractivity (Wildman–Crippen MR) is 72.7 cm³/mol. The van der Waals surface area contributed by atoms with Gasteiger partial charge in [-0.15, -0.1) is 0 Å². The van der Waals surface area contributed by atoms with E-state index in [4.69, 9.17) is 4.74 Å². The van der Waals surface area contributed by atoms with Crippen LogP contribution in [-0.4, -0.2) is 26.1 Å². The molecule has 0 aliphatic carbocycles. The van der Waals surface area contributed by atoms with Gasteiger partial charge in [0.1, 0.15) is 11.6 Å². The maximum atomic E-state index is 13.8. The molecule has 2 N–H and O–H groups in total. The van der Waals surface area contributed by atoms with Crippen LogP contribution in [0.4, 0.5) is 4.39 Å². The molecule has 19 heavy (non-hydrogen) atoms. The number of amides is 1. The molecule has 106 valence electrons. The number of hydrogen-bond acceptors (Lipinski definition) is 3. The molecule has 1 amide bonds. The van der Waals surface area contributed by atoms with Crippen molar-refractivity contribution in [3.05, 3.63) is 29.6 Å². The van der Waals surface area contributed by atoms with Crippen molar-refractivity contribution in [1.29, 1.82) is 0 Å². The van der Waals surface area contributed by atoms with Gasteiger partial charge in [0.2, 0.25) is 5.91 Å². The normalized spacial score (nSPS) is 12.0. The summed E-state index contributed by atoms with van der Waals surface area (Å²) in [7, 11) is 1.51. The molecule has 5 heteroatoms. The third kappa shape index (κ3) is 4.52. The van der Waals surface area contributed by atoms with Crippen molar-refractivity contribution >= 4 is 5.91 Å². The Hall–Kier alpha value is -1.62. The topological polar surface area (TPSA) is 50.4 Å². The highest BCUT2D eigenvalue weighted by Crippen LogP contribution is 2.27. The van der Waals surface area contributed by atoms with Gasteiger partial charge in [0.15, 0.2) is 0 Å². The van der Waals surface area contributed by atoms with Crippen LogP contribution in [0.3, 0.4) is 0 Å². The van der Waals surface area contributed by atoms with Gasteiger partial charge in [0.25, 0.3) is 0 Å². The lowest BCUT2D eigenvalue weighted by Crippen LogP contribution is -2.29. The van der Waals surface area contributed by atoms with Crippen molar-refractivity contribution in [3.63, 3.8) is 0 Å². The monoisotopic (exact) mass is 268 g/mol. The number of methoxy groups -OCH3 is 1. The van der Waals surface area contributed by atoms with Gasteiger partial charge in [-0.1, -0.05) is 6.07 Å². The van der Waals surface area contributed by atoms with Crippen molar-refractivity contribution in [3.8, 4) is 5.75 Å². The Labute approximate surface area is 113 Å². The van der Waals surface area contributed by atoms with Crippen LogP contribution in [0.5, 0.6) is 5.75 Å². The molecule has 1 atom stereocenters. The highest BCUT2D eigenvalue weighted by molar-refractivity contribution is 5.75. The Balaban J connectivity index is 2.58. The Bertz CT molecular complexity index is 424. The van der Waals surface area contributed by atoms with Gasteiger partial charge in [-0.2, -0.15) is 0 Å². The van der Waals surface area contributed by atoms with Gasteiger partial charge in [-0.05, 0) is 26.0 Å². The van der Waals surface area contributed by atoms with E-state index in [1.807, 2.05) is 13.8 Å². The summed E-state index contributed by atoms with van der Waals surface area (Å²) < 4.78 is 18.9. The maximum absolute atomic E-state index is 13.8. The molecule has 0 aliphatic heterocycles. The molecule has 0 aromatic heterocycles. The lowest BCUT2D eigenvalue weighted by Gasteiger charge is -2.17. The summed E-state index contributed by atoms with van der Waals surface area (Å²) in [5, 5.41) is 5.84. The van der Waals surface area contributed by atoms with Crippen LogP contribution in [0.1, 0.15) is 31.9 Å². The molecule has 0 bridgehead atoms. The molecule has 1 aromatic carbocycles. The number of carbonyl (C=O) groups excluding carboxylic acids is 1. The fraction of sp³-hybridized carbons (Fsp3) is 0.500. The Morgan fingerprint density at radius 1 is 1.47 bits per heavy atom. The van der Waals surface area contributed by atoms with Crippen LogP contribution in [0.15, 0.2) is 18.2 Å². The number of nitrogens with one attached hydrogen (secondary N) is 2. The molecule has 0 aliphatic rings. The number of benzene rings is 1. The van der Waals surface area contributed by atoms with Gasteiger partial charge in [-0.3, -0.25) is 4.79 Å². The van der Waals surface area contributed by atoms with E-state index in [1.165, 1.54) is 13.2 Å². The van der Waals surface area contributed by atoms with Crippen molar-refractivity contribution in [2.24, 2.45) is 0 Å².